The maximum absolute atomic E-state index is 5.14. The minimum atomic E-state index is 0.923. The number of aromatic amines is 2. The van der Waals surface area contributed by atoms with Gasteiger partial charge < -0.3 is 9.97 Å². The zero-order valence-corrected chi connectivity index (χ0v) is 19.0. The van der Waals surface area contributed by atoms with Gasteiger partial charge in [-0.25, -0.2) is 9.97 Å². The van der Waals surface area contributed by atoms with Gasteiger partial charge in [0.1, 0.15) is 0 Å². The second kappa shape index (κ2) is 7.03. The molecule has 4 heterocycles. The van der Waals surface area contributed by atoms with E-state index >= 15 is 0 Å². The Balaban J connectivity index is 1.48. The second-order valence-corrected chi connectivity index (χ2v) is 9.00. The summed E-state index contributed by atoms with van der Waals surface area (Å²) in [6, 6.07) is 25.5. The third-order valence-electron chi connectivity index (χ3n) is 6.92. The first-order chi connectivity index (χ1) is 16.7. The van der Waals surface area contributed by atoms with Crippen molar-refractivity contribution in [2.24, 2.45) is 0 Å². The van der Waals surface area contributed by atoms with Gasteiger partial charge >= 0.3 is 0 Å². The zero-order chi connectivity index (χ0) is 22.8. The number of fused-ring (bicyclic) bond motifs is 5. The van der Waals surface area contributed by atoms with Crippen molar-refractivity contribution in [3.63, 3.8) is 0 Å². The van der Waals surface area contributed by atoms with Crippen LogP contribution in [-0.4, -0.2) is 19.9 Å². The number of benzene rings is 3. The minimum Gasteiger partial charge on any atom is -0.360 e. The fourth-order valence-corrected chi connectivity index (χ4v) is 5.08. The Kier molecular flexibility index (Phi) is 3.94. The Morgan fingerprint density at radius 3 is 1.44 bits per heavy atom. The van der Waals surface area contributed by atoms with Crippen LogP contribution in [0.3, 0.4) is 0 Å². The Labute approximate surface area is 196 Å². The first-order valence-electron chi connectivity index (χ1n) is 11.5. The molecule has 0 saturated carbocycles. The molecule has 0 saturated heterocycles. The zero-order valence-electron chi connectivity index (χ0n) is 19.0. The highest BCUT2D eigenvalue weighted by atomic mass is 14.8. The molecule has 4 heteroatoms. The van der Waals surface area contributed by atoms with Crippen molar-refractivity contribution >= 4 is 43.6 Å². The van der Waals surface area contributed by atoms with E-state index in [0.29, 0.717) is 0 Å². The smallest absolute Gasteiger partial charge is 0.0972 e. The highest BCUT2D eigenvalue weighted by Crippen LogP contribution is 2.33. The van der Waals surface area contributed by atoms with Crippen LogP contribution in [0.15, 0.2) is 85.2 Å². The van der Waals surface area contributed by atoms with Crippen molar-refractivity contribution in [1.29, 1.82) is 0 Å². The van der Waals surface area contributed by atoms with Gasteiger partial charge in [0.25, 0.3) is 0 Å². The van der Waals surface area contributed by atoms with E-state index in [1.165, 1.54) is 21.9 Å². The molecule has 7 aromatic rings. The predicted octanol–water partition coefficient (Wildman–Crippen LogP) is 7.70. The van der Waals surface area contributed by atoms with Crippen molar-refractivity contribution in [3.8, 4) is 22.5 Å². The summed E-state index contributed by atoms with van der Waals surface area (Å²) in [6.07, 6.45) is 4.11. The number of aromatic nitrogens is 4. The van der Waals surface area contributed by atoms with Gasteiger partial charge in [0, 0.05) is 45.1 Å². The number of nitrogens with zero attached hydrogens (tertiary/aromatic N) is 2. The fraction of sp³-hybridized carbons (Fsp3) is 0.0667. The van der Waals surface area contributed by atoms with Crippen LogP contribution in [0.4, 0.5) is 0 Å². The SMILES string of the molecule is Cc1c[nH]c2c(-c3ccc4ccc5ccc(-c6cccc7c(C)c[nH]c67)nc5c4n3)cccc12. The fourth-order valence-electron chi connectivity index (χ4n) is 5.08. The lowest BCUT2D eigenvalue weighted by atomic mass is 10.0. The normalized spacial score (nSPS) is 11.8. The van der Waals surface area contributed by atoms with Gasteiger partial charge in [-0.15, -0.1) is 0 Å². The molecule has 0 atom stereocenters. The summed E-state index contributed by atoms with van der Waals surface area (Å²) in [5, 5.41) is 4.63. The maximum atomic E-state index is 5.14. The summed E-state index contributed by atoms with van der Waals surface area (Å²) in [5.74, 6) is 0. The molecule has 0 bridgehead atoms. The molecule has 0 radical (unpaired) electrons. The van der Waals surface area contributed by atoms with Crippen LogP contribution in [0.1, 0.15) is 11.1 Å². The largest absolute Gasteiger partial charge is 0.360 e. The number of nitrogens with one attached hydrogen (secondary N) is 2. The highest BCUT2D eigenvalue weighted by Gasteiger charge is 2.13. The van der Waals surface area contributed by atoms with Gasteiger partial charge in [-0.2, -0.15) is 0 Å². The minimum absolute atomic E-state index is 0.923. The van der Waals surface area contributed by atoms with E-state index < -0.39 is 0 Å². The first kappa shape index (κ1) is 19.1. The quantitative estimate of drug-likeness (QED) is 0.272. The van der Waals surface area contributed by atoms with Gasteiger partial charge in [0.05, 0.1) is 33.5 Å². The van der Waals surface area contributed by atoms with Gasteiger partial charge in [-0.05, 0) is 37.1 Å². The number of para-hydroxylation sites is 2. The molecule has 2 N–H and O–H groups in total. The van der Waals surface area contributed by atoms with E-state index in [1.807, 2.05) is 0 Å². The molecule has 7 rings (SSSR count). The molecule has 0 aliphatic rings. The Bertz CT molecular complexity index is 1750. The van der Waals surface area contributed by atoms with E-state index in [-0.39, 0.29) is 0 Å². The number of hydrogen-bond donors (Lipinski definition) is 2. The Hall–Kier alpha value is -4.44. The van der Waals surface area contributed by atoms with E-state index in [0.717, 1.165) is 55.4 Å². The number of hydrogen-bond acceptors (Lipinski definition) is 2. The molecule has 0 amide bonds. The van der Waals surface area contributed by atoms with Gasteiger partial charge in [0.2, 0.25) is 0 Å². The molecule has 4 nitrogen and oxygen atoms in total. The third-order valence-corrected chi connectivity index (χ3v) is 6.92. The Morgan fingerprint density at radius 1 is 0.529 bits per heavy atom. The predicted molar refractivity (Wildman–Crippen MR) is 141 cm³/mol. The summed E-state index contributed by atoms with van der Waals surface area (Å²) in [5.41, 5.74) is 10.7. The van der Waals surface area contributed by atoms with E-state index in [2.05, 4.69) is 109 Å². The summed E-state index contributed by atoms with van der Waals surface area (Å²) >= 11 is 0. The molecule has 162 valence electrons. The molecule has 0 aliphatic carbocycles. The molecule has 4 aromatic heterocycles. The second-order valence-electron chi connectivity index (χ2n) is 9.00. The summed E-state index contributed by atoms with van der Waals surface area (Å²) < 4.78 is 0. The standard InChI is InChI=1S/C30H22N4/c1-17-15-31-29-21(17)5-3-7-23(29)25-13-11-19-9-10-20-12-14-26(34-28(20)27(19)33-25)24-8-4-6-22-18(2)16-32-30(22)24/h3-16,31-32H,1-2H3. The Morgan fingerprint density at radius 2 is 0.971 bits per heavy atom. The summed E-state index contributed by atoms with van der Waals surface area (Å²) in [4.78, 5) is 17.1. The number of aryl methyl sites for hydroxylation is 2. The van der Waals surface area contributed by atoms with Crippen molar-refractivity contribution in [1.82, 2.24) is 19.9 Å². The third kappa shape index (κ3) is 2.72. The van der Waals surface area contributed by atoms with Crippen LogP contribution in [0.25, 0.3) is 66.1 Å². The average Bonchev–Trinajstić information content (AvgIpc) is 3.46. The number of H-pyrrole nitrogens is 2. The average molecular weight is 439 g/mol. The van der Waals surface area contributed by atoms with Gasteiger partial charge in [0.15, 0.2) is 0 Å². The lowest BCUT2D eigenvalue weighted by molar-refractivity contribution is 1.36. The lowest BCUT2D eigenvalue weighted by Gasteiger charge is -2.09. The van der Waals surface area contributed by atoms with Crippen molar-refractivity contribution < 1.29 is 0 Å². The molecule has 34 heavy (non-hydrogen) atoms. The molecule has 0 fully saturated rings. The highest BCUT2D eigenvalue weighted by molar-refractivity contribution is 6.06. The van der Waals surface area contributed by atoms with Gasteiger partial charge in [-0.3, -0.25) is 0 Å². The van der Waals surface area contributed by atoms with Gasteiger partial charge in [-0.1, -0.05) is 60.7 Å². The van der Waals surface area contributed by atoms with Crippen molar-refractivity contribution in [3.05, 3.63) is 96.3 Å². The molecule has 0 unspecified atom stereocenters. The van der Waals surface area contributed by atoms with E-state index in [1.54, 1.807) is 0 Å². The monoisotopic (exact) mass is 438 g/mol. The topological polar surface area (TPSA) is 57.4 Å². The van der Waals surface area contributed by atoms with E-state index in [4.69, 9.17) is 9.97 Å². The summed E-state index contributed by atoms with van der Waals surface area (Å²) in [7, 11) is 0. The number of pyridine rings is 2. The maximum Gasteiger partial charge on any atom is 0.0972 e. The van der Waals surface area contributed by atoms with Crippen molar-refractivity contribution in [2.45, 2.75) is 13.8 Å². The number of rotatable bonds is 2. The van der Waals surface area contributed by atoms with E-state index in [9.17, 15) is 0 Å². The molecule has 0 spiro atoms. The summed E-state index contributed by atoms with van der Waals surface area (Å²) in [6.45, 7) is 4.25. The van der Waals surface area contributed by atoms with Crippen LogP contribution < -0.4 is 0 Å². The molecule has 0 aliphatic heterocycles. The van der Waals surface area contributed by atoms with Crippen molar-refractivity contribution in [2.75, 3.05) is 0 Å². The van der Waals surface area contributed by atoms with Crippen LogP contribution in [0.2, 0.25) is 0 Å². The van der Waals surface area contributed by atoms with Crippen LogP contribution >= 0.6 is 0 Å². The van der Waals surface area contributed by atoms with Crippen LogP contribution in [0.5, 0.6) is 0 Å². The first-order valence-corrected chi connectivity index (χ1v) is 11.5. The van der Waals surface area contributed by atoms with Crippen LogP contribution in [-0.2, 0) is 0 Å². The molecular weight excluding hydrogens is 416 g/mol. The molecule has 3 aromatic carbocycles. The molecular formula is C30H22N4. The van der Waals surface area contributed by atoms with Crippen LogP contribution in [0, 0.1) is 13.8 Å². The lowest BCUT2D eigenvalue weighted by Crippen LogP contribution is -1.92.